The predicted octanol–water partition coefficient (Wildman–Crippen LogP) is 3.95. The summed E-state index contributed by atoms with van der Waals surface area (Å²) >= 11 is 0. The third-order valence-corrected chi connectivity index (χ3v) is 12.2. The molecule has 2 aromatic rings. The molecule has 3 aliphatic carbocycles. The second kappa shape index (κ2) is 10.8. The van der Waals surface area contributed by atoms with E-state index < -0.39 is 23.0 Å². The van der Waals surface area contributed by atoms with Gasteiger partial charge >= 0.3 is 5.97 Å². The van der Waals surface area contributed by atoms with Crippen molar-refractivity contribution in [3.05, 3.63) is 47.3 Å². The number of hydrogen-bond donors (Lipinski definition) is 2. The molecule has 2 heterocycles. The first-order chi connectivity index (χ1) is 20.4. The van der Waals surface area contributed by atoms with Gasteiger partial charge in [-0.15, -0.1) is 6.58 Å². The van der Waals surface area contributed by atoms with Crippen molar-refractivity contribution in [1.82, 2.24) is 14.9 Å². The number of benzene rings is 1. The first-order valence-corrected chi connectivity index (χ1v) is 15.9. The van der Waals surface area contributed by atoms with E-state index in [4.69, 9.17) is 4.74 Å². The minimum Gasteiger partial charge on any atom is -0.461 e. The van der Waals surface area contributed by atoms with Crippen LogP contribution in [0.1, 0.15) is 59.8 Å². The number of anilines is 1. The minimum absolute atomic E-state index is 0.0567. The van der Waals surface area contributed by atoms with E-state index in [-0.39, 0.29) is 47.0 Å². The van der Waals surface area contributed by atoms with Gasteiger partial charge in [-0.25, -0.2) is 4.98 Å². The molecule has 0 amide bonds. The normalized spacial score (nSPS) is 38.3. The molecule has 0 spiro atoms. The van der Waals surface area contributed by atoms with Gasteiger partial charge in [-0.1, -0.05) is 45.9 Å². The zero-order valence-electron chi connectivity index (χ0n) is 26.0. The van der Waals surface area contributed by atoms with E-state index in [0.717, 1.165) is 19.3 Å². The molecule has 2 bridgehead atoms. The number of carbonyl (C=O) groups excluding carboxylic acids is 2. The van der Waals surface area contributed by atoms with Gasteiger partial charge < -0.3 is 14.7 Å². The van der Waals surface area contributed by atoms with Crippen LogP contribution in [-0.2, 0) is 14.3 Å². The Bertz CT molecular complexity index is 1480. The summed E-state index contributed by atoms with van der Waals surface area (Å²) in [6.45, 7) is 15.2. The zero-order valence-corrected chi connectivity index (χ0v) is 26.0. The van der Waals surface area contributed by atoms with Crippen LogP contribution >= 0.6 is 0 Å². The Morgan fingerprint density at radius 2 is 1.88 bits per heavy atom. The van der Waals surface area contributed by atoms with Crippen LogP contribution in [0.2, 0.25) is 0 Å². The third kappa shape index (κ3) is 4.74. The number of rotatable bonds is 5. The highest BCUT2D eigenvalue weighted by atomic mass is 16.5. The largest absolute Gasteiger partial charge is 0.461 e. The Balaban J connectivity index is 1.19. The number of hydrogen-bond acceptors (Lipinski definition) is 8. The van der Waals surface area contributed by atoms with Crippen LogP contribution < -0.4 is 10.5 Å². The highest BCUT2D eigenvalue weighted by Crippen LogP contribution is 2.68. The molecule has 4 aliphatic rings. The summed E-state index contributed by atoms with van der Waals surface area (Å²) in [5.41, 5.74) is -0.963. The zero-order chi connectivity index (χ0) is 30.7. The van der Waals surface area contributed by atoms with Crippen molar-refractivity contribution in [2.24, 2.45) is 34.0 Å². The maximum absolute atomic E-state index is 13.6. The van der Waals surface area contributed by atoms with Crippen molar-refractivity contribution in [1.29, 1.82) is 0 Å². The summed E-state index contributed by atoms with van der Waals surface area (Å²) in [7, 11) is 0. The number of aromatic amines is 1. The quantitative estimate of drug-likeness (QED) is 0.397. The fourth-order valence-corrected chi connectivity index (χ4v) is 9.22. The second-order valence-corrected chi connectivity index (χ2v) is 14.2. The molecular formula is C34H46N4O5. The summed E-state index contributed by atoms with van der Waals surface area (Å²) < 4.78 is 6.43. The average molecular weight is 591 g/mol. The van der Waals surface area contributed by atoms with Crippen LogP contribution in [0.15, 0.2) is 41.7 Å². The van der Waals surface area contributed by atoms with Gasteiger partial charge in [0.05, 0.1) is 23.6 Å². The van der Waals surface area contributed by atoms with Crippen molar-refractivity contribution in [3.63, 3.8) is 0 Å². The van der Waals surface area contributed by atoms with E-state index in [2.05, 4.69) is 42.2 Å². The molecule has 0 radical (unpaired) electrons. The standard InChI is InChI=1S/C34H46N4O5/c1-6-32(4)19-26(33(5)21(2)11-13-34(22(3)29(32)41)14-12-25(39)28(33)34)43-27(40)20-37-15-17-38(18-16-37)31-35-24-10-8-7-9-23(24)30(42)36-31/h6-10,21-22,26,28-29,41H,1,11-20H2,2-5H3,(H,35,36,42)/t21-,22+,26-,28+,29+,32-,33+,34+/m1/s1. The average Bonchev–Trinajstić information content (AvgIpc) is 3.35. The van der Waals surface area contributed by atoms with Crippen LogP contribution in [0.25, 0.3) is 10.9 Å². The molecule has 9 nitrogen and oxygen atoms in total. The van der Waals surface area contributed by atoms with Gasteiger partial charge in [-0.05, 0) is 55.1 Å². The lowest BCUT2D eigenvalue weighted by atomic mass is 9.44. The van der Waals surface area contributed by atoms with Crippen LogP contribution in [0, 0.1) is 34.0 Å². The van der Waals surface area contributed by atoms with Crippen LogP contribution in [-0.4, -0.2) is 76.7 Å². The topological polar surface area (TPSA) is 116 Å². The molecule has 43 heavy (non-hydrogen) atoms. The number of ketones is 1. The van der Waals surface area contributed by atoms with Gasteiger partial charge in [-0.3, -0.25) is 24.3 Å². The number of aliphatic hydroxyl groups is 1. The number of piperazine rings is 1. The summed E-state index contributed by atoms with van der Waals surface area (Å²) in [5, 5.41) is 12.3. The number of fused-ring (bicyclic) bond motifs is 1. The molecule has 2 N–H and O–H groups in total. The number of carbonyl (C=O) groups is 2. The molecule has 1 saturated heterocycles. The molecule has 232 valence electrons. The maximum atomic E-state index is 13.6. The molecule has 9 heteroatoms. The molecule has 3 saturated carbocycles. The number of H-pyrrole nitrogens is 1. The van der Waals surface area contributed by atoms with Gasteiger partial charge in [0, 0.05) is 49.3 Å². The Morgan fingerprint density at radius 3 is 2.60 bits per heavy atom. The molecule has 1 aliphatic heterocycles. The Labute approximate surface area is 253 Å². The van der Waals surface area contributed by atoms with E-state index in [1.807, 2.05) is 36.1 Å². The number of ether oxygens (including phenoxy) is 1. The van der Waals surface area contributed by atoms with Gasteiger partial charge in [0.2, 0.25) is 5.95 Å². The Kier molecular flexibility index (Phi) is 7.57. The molecule has 1 aromatic carbocycles. The van der Waals surface area contributed by atoms with Crippen molar-refractivity contribution < 1.29 is 19.4 Å². The van der Waals surface area contributed by atoms with E-state index in [1.165, 1.54) is 0 Å². The number of aromatic nitrogens is 2. The van der Waals surface area contributed by atoms with E-state index >= 15 is 0 Å². The number of aliphatic hydroxyl groups excluding tert-OH is 1. The Morgan fingerprint density at radius 1 is 1.16 bits per heavy atom. The molecule has 6 rings (SSSR count). The van der Waals surface area contributed by atoms with E-state index in [0.29, 0.717) is 55.9 Å². The molecular weight excluding hydrogens is 544 g/mol. The third-order valence-electron chi connectivity index (χ3n) is 12.2. The predicted molar refractivity (Wildman–Crippen MR) is 166 cm³/mol. The lowest BCUT2D eigenvalue weighted by Crippen LogP contribution is -2.63. The molecule has 1 aromatic heterocycles. The fourth-order valence-electron chi connectivity index (χ4n) is 9.22. The summed E-state index contributed by atoms with van der Waals surface area (Å²) in [5.74, 6) is 0.399. The number of nitrogens with one attached hydrogen (secondary N) is 1. The molecule has 8 atom stereocenters. The lowest BCUT2D eigenvalue weighted by Gasteiger charge is -2.61. The lowest BCUT2D eigenvalue weighted by molar-refractivity contribution is -0.207. The Hall–Kier alpha value is -3.04. The van der Waals surface area contributed by atoms with Crippen LogP contribution in [0.3, 0.4) is 0 Å². The summed E-state index contributed by atoms with van der Waals surface area (Å²) in [6.07, 6.45) is 4.24. The van der Waals surface area contributed by atoms with Crippen molar-refractivity contribution in [3.8, 4) is 0 Å². The smallest absolute Gasteiger partial charge is 0.320 e. The van der Waals surface area contributed by atoms with E-state index in [1.54, 1.807) is 6.07 Å². The first-order valence-electron chi connectivity index (χ1n) is 15.9. The van der Waals surface area contributed by atoms with Gasteiger partial charge in [-0.2, -0.15) is 0 Å². The number of Topliss-reactive ketones (excluding diaryl/α,β-unsaturated/α-hetero) is 1. The summed E-state index contributed by atoms with van der Waals surface area (Å²) in [6, 6.07) is 7.30. The van der Waals surface area contributed by atoms with Crippen molar-refractivity contribution in [2.75, 3.05) is 37.6 Å². The fraction of sp³-hybridized carbons (Fsp3) is 0.647. The highest BCUT2D eigenvalue weighted by Gasteiger charge is 2.68. The van der Waals surface area contributed by atoms with Gasteiger partial charge in [0.15, 0.2) is 0 Å². The van der Waals surface area contributed by atoms with Crippen molar-refractivity contribution in [2.45, 2.75) is 72.0 Å². The molecule has 4 fully saturated rings. The van der Waals surface area contributed by atoms with E-state index in [9.17, 15) is 19.5 Å². The molecule has 0 unspecified atom stereocenters. The van der Waals surface area contributed by atoms with Gasteiger partial charge in [0.1, 0.15) is 11.9 Å². The van der Waals surface area contributed by atoms with Crippen molar-refractivity contribution >= 4 is 28.6 Å². The SMILES string of the molecule is C=C[C@]1(C)C[C@@H](OC(=O)CN2CCN(c3nc4ccccc4c(=O)[nH]3)CC2)[C@]2(C)[C@H](C)CC[C@]3(CCC(=O)[C@H]32)[C@@H](C)[C@@H]1O. The minimum atomic E-state index is -0.680. The maximum Gasteiger partial charge on any atom is 0.320 e. The van der Waals surface area contributed by atoms with Crippen LogP contribution in [0.4, 0.5) is 5.95 Å². The van der Waals surface area contributed by atoms with Gasteiger partial charge in [0.25, 0.3) is 5.56 Å². The number of nitrogens with zero attached hydrogens (tertiary/aromatic N) is 3. The summed E-state index contributed by atoms with van der Waals surface area (Å²) in [4.78, 5) is 51.5. The first kappa shape index (κ1) is 30.0. The highest BCUT2D eigenvalue weighted by molar-refractivity contribution is 5.86. The van der Waals surface area contributed by atoms with Crippen LogP contribution in [0.5, 0.6) is 0 Å². The number of esters is 1. The number of para-hydroxylation sites is 1. The monoisotopic (exact) mass is 590 g/mol. The second-order valence-electron chi connectivity index (χ2n) is 14.2.